The molecule has 0 aliphatic heterocycles. The highest BCUT2D eigenvalue weighted by molar-refractivity contribution is 7.99. The highest BCUT2D eigenvalue weighted by atomic mass is 35.5. The Morgan fingerprint density at radius 3 is 2.68 bits per heavy atom. The fraction of sp³-hybridized carbons (Fsp3) is 0.200. The molecule has 1 amide bonds. The minimum absolute atomic E-state index is 0.0436. The molecule has 0 bridgehead atoms. The Bertz CT molecular complexity index is 1410. The highest BCUT2D eigenvalue weighted by Gasteiger charge is 2.23. The summed E-state index contributed by atoms with van der Waals surface area (Å²) in [7, 11) is 1.30. The molecule has 0 atom stereocenters. The summed E-state index contributed by atoms with van der Waals surface area (Å²) in [5, 5.41) is 14.1. The lowest BCUT2D eigenvalue weighted by molar-refractivity contribution is -0.113. The van der Waals surface area contributed by atoms with Gasteiger partial charge in [0.25, 0.3) is 0 Å². The van der Waals surface area contributed by atoms with Crippen LogP contribution in [0.25, 0.3) is 11.1 Å². The van der Waals surface area contributed by atoms with Crippen LogP contribution in [-0.2, 0) is 22.7 Å². The minimum Gasteiger partial charge on any atom is -0.484 e. The molecular formula is C25H22ClFN4O4S2. The molecule has 0 saturated heterocycles. The van der Waals surface area contributed by atoms with E-state index in [1.807, 2.05) is 47.2 Å². The van der Waals surface area contributed by atoms with Gasteiger partial charge in [0.2, 0.25) is 5.91 Å². The summed E-state index contributed by atoms with van der Waals surface area (Å²) in [6, 6.07) is 13.3. The number of halogens is 2. The second kappa shape index (κ2) is 12.2. The number of esters is 1. The first-order chi connectivity index (χ1) is 17.9. The van der Waals surface area contributed by atoms with Crippen molar-refractivity contribution in [2.75, 3.05) is 18.2 Å². The number of nitrogens with zero attached hydrogens (tertiary/aromatic N) is 3. The van der Waals surface area contributed by atoms with Crippen LogP contribution in [-0.4, -0.2) is 39.5 Å². The molecule has 2 heterocycles. The Hall–Kier alpha value is -3.41. The van der Waals surface area contributed by atoms with Gasteiger partial charge in [0, 0.05) is 17.5 Å². The van der Waals surface area contributed by atoms with Crippen molar-refractivity contribution in [2.45, 2.75) is 25.2 Å². The molecule has 12 heteroatoms. The van der Waals surface area contributed by atoms with E-state index in [2.05, 4.69) is 15.5 Å². The Morgan fingerprint density at radius 1 is 1.19 bits per heavy atom. The molecule has 4 rings (SSSR count). The summed E-state index contributed by atoms with van der Waals surface area (Å²) in [5.74, 6) is -0.386. The van der Waals surface area contributed by atoms with E-state index in [-0.39, 0.29) is 23.3 Å². The average molecular weight is 561 g/mol. The monoisotopic (exact) mass is 560 g/mol. The number of thioether (sulfide) groups is 1. The van der Waals surface area contributed by atoms with Crippen molar-refractivity contribution in [1.82, 2.24) is 14.8 Å². The van der Waals surface area contributed by atoms with Crippen molar-refractivity contribution < 1.29 is 23.5 Å². The molecule has 0 fully saturated rings. The number of rotatable bonds is 10. The summed E-state index contributed by atoms with van der Waals surface area (Å²) < 4.78 is 25.7. The first-order valence-electron chi connectivity index (χ1n) is 11.1. The zero-order valence-electron chi connectivity index (χ0n) is 19.9. The average Bonchev–Trinajstić information content (AvgIpc) is 3.50. The van der Waals surface area contributed by atoms with E-state index in [0.29, 0.717) is 39.4 Å². The third-order valence-electron chi connectivity index (χ3n) is 5.21. The lowest BCUT2D eigenvalue weighted by atomic mass is 10.0. The van der Waals surface area contributed by atoms with Crippen molar-refractivity contribution >= 4 is 51.6 Å². The molecule has 0 saturated carbocycles. The van der Waals surface area contributed by atoms with Crippen molar-refractivity contribution in [2.24, 2.45) is 0 Å². The van der Waals surface area contributed by atoms with E-state index < -0.39 is 11.8 Å². The third-order valence-corrected chi connectivity index (χ3v) is 7.37. The summed E-state index contributed by atoms with van der Waals surface area (Å²) in [5.41, 5.74) is 1.85. The van der Waals surface area contributed by atoms with Crippen molar-refractivity contribution in [1.29, 1.82) is 0 Å². The van der Waals surface area contributed by atoms with Crippen LogP contribution < -0.4 is 10.1 Å². The summed E-state index contributed by atoms with van der Waals surface area (Å²) >= 11 is 8.48. The van der Waals surface area contributed by atoms with Gasteiger partial charge in [0.05, 0.1) is 17.9 Å². The first-order valence-corrected chi connectivity index (χ1v) is 13.3. The van der Waals surface area contributed by atoms with Crippen LogP contribution in [0.5, 0.6) is 5.75 Å². The zero-order chi connectivity index (χ0) is 26.4. The molecule has 2 aromatic carbocycles. The van der Waals surface area contributed by atoms with Gasteiger partial charge in [-0.1, -0.05) is 53.7 Å². The normalized spacial score (nSPS) is 10.8. The lowest BCUT2D eigenvalue weighted by Gasteiger charge is -2.10. The SMILES string of the molecule is CCn1c(COc2ccc(F)cc2Cl)nnc1SCC(=O)Nc1scc(-c2ccccc2)c1C(=O)OC. The number of carbonyl (C=O) groups excluding carboxylic acids is 2. The number of nitrogens with one attached hydrogen (secondary N) is 1. The van der Waals surface area contributed by atoms with Crippen LogP contribution in [0, 0.1) is 5.82 Å². The zero-order valence-corrected chi connectivity index (χ0v) is 22.3. The molecule has 2 aromatic heterocycles. The fourth-order valence-corrected chi connectivity index (χ4v) is 5.48. The summed E-state index contributed by atoms with van der Waals surface area (Å²) in [4.78, 5) is 25.3. The maximum Gasteiger partial charge on any atom is 0.341 e. The predicted molar refractivity (Wildman–Crippen MR) is 142 cm³/mol. The van der Waals surface area contributed by atoms with Gasteiger partial charge in [-0.15, -0.1) is 21.5 Å². The highest BCUT2D eigenvalue weighted by Crippen LogP contribution is 2.36. The predicted octanol–water partition coefficient (Wildman–Crippen LogP) is 5.92. The third kappa shape index (κ3) is 6.30. The van der Waals surface area contributed by atoms with Gasteiger partial charge in [0.1, 0.15) is 28.7 Å². The van der Waals surface area contributed by atoms with Crippen molar-refractivity contribution in [3.63, 3.8) is 0 Å². The summed E-state index contributed by atoms with van der Waals surface area (Å²) in [6.45, 7) is 2.53. The second-order valence-electron chi connectivity index (χ2n) is 7.55. The molecule has 8 nitrogen and oxygen atoms in total. The van der Waals surface area contributed by atoms with Crippen LogP contribution in [0.1, 0.15) is 23.1 Å². The molecule has 1 N–H and O–H groups in total. The number of anilines is 1. The number of amides is 1. The molecule has 0 unspecified atom stereocenters. The number of hydrogen-bond donors (Lipinski definition) is 1. The van der Waals surface area contributed by atoms with Gasteiger partial charge in [-0.05, 0) is 30.7 Å². The smallest absolute Gasteiger partial charge is 0.341 e. The van der Waals surface area contributed by atoms with Gasteiger partial charge in [-0.25, -0.2) is 9.18 Å². The van der Waals surface area contributed by atoms with Gasteiger partial charge in [-0.2, -0.15) is 0 Å². The van der Waals surface area contributed by atoms with Crippen molar-refractivity contribution in [3.8, 4) is 16.9 Å². The number of ether oxygens (including phenoxy) is 2. The van der Waals surface area contributed by atoms with E-state index in [1.165, 1.54) is 48.4 Å². The van der Waals surface area contributed by atoms with Crippen LogP contribution in [0.15, 0.2) is 59.1 Å². The molecule has 0 spiro atoms. The Labute approximate surface area is 225 Å². The maximum atomic E-state index is 13.3. The lowest BCUT2D eigenvalue weighted by Crippen LogP contribution is -2.16. The van der Waals surface area contributed by atoms with Gasteiger partial charge >= 0.3 is 5.97 Å². The van der Waals surface area contributed by atoms with E-state index in [9.17, 15) is 14.0 Å². The molecule has 0 aliphatic carbocycles. The number of aromatic nitrogens is 3. The molecular weight excluding hydrogens is 539 g/mol. The largest absolute Gasteiger partial charge is 0.484 e. The maximum absolute atomic E-state index is 13.3. The van der Waals surface area contributed by atoms with Crippen molar-refractivity contribution in [3.05, 3.63) is 76.1 Å². The number of thiophene rings is 1. The molecule has 4 aromatic rings. The molecule has 37 heavy (non-hydrogen) atoms. The van der Waals surface area contributed by atoms with Gasteiger partial charge < -0.3 is 19.4 Å². The van der Waals surface area contributed by atoms with E-state index >= 15 is 0 Å². The topological polar surface area (TPSA) is 95.3 Å². The fourth-order valence-electron chi connectivity index (χ4n) is 3.46. The quantitative estimate of drug-likeness (QED) is 0.190. The first kappa shape index (κ1) is 26.6. The molecule has 192 valence electrons. The number of methoxy groups -OCH3 is 1. The standard InChI is InChI=1S/C25H22ClFN4O4S2/c1-3-31-20(12-35-19-10-9-16(27)11-18(19)26)29-30-25(31)37-14-21(32)28-23-22(24(33)34-2)17(13-36-23)15-7-5-4-6-8-15/h4-11,13H,3,12,14H2,1-2H3,(H,28,32). The Morgan fingerprint density at radius 2 is 1.97 bits per heavy atom. The van der Waals surface area contributed by atoms with E-state index in [4.69, 9.17) is 21.1 Å². The van der Waals surface area contributed by atoms with Crippen LogP contribution in [0.4, 0.5) is 9.39 Å². The van der Waals surface area contributed by atoms with Gasteiger partial charge in [-0.3, -0.25) is 4.79 Å². The van der Waals surface area contributed by atoms with Crippen LogP contribution >= 0.6 is 34.7 Å². The number of carbonyl (C=O) groups is 2. The summed E-state index contributed by atoms with van der Waals surface area (Å²) in [6.07, 6.45) is 0. The van der Waals surface area contributed by atoms with E-state index in [1.54, 1.807) is 0 Å². The van der Waals surface area contributed by atoms with Crippen LogP contribution in [0.3, 0.4) is 0 Å². The second-order valence-corrected chi connectivity index (χ2v) is 9.78. The Balaban J connectivity index is 1.42. The van der Waals surface area contributed by atoms with E-state index in [0.717, 1.165) is 5.56 Å². The van der Waals surface area contributed by atoms with Crippen LogP contribution in [0.2, 0.25) is 5.02 Å². The Kier molecular flexibility index (Phi) is 8.80. The molecule has 0 radical (unpaired) electrons. The number of hydrogen-bond acceptors (Lipinski definition) is 8. The molecule has 0 aliphatic rings. The van der Waals surface area contributed by atoms with Gasteiger partial charge in [0.15, 0.2) is 11.0 Å². The number of benzene rings is 2. The minimum atomic E-state index is -0.528.